The molecule has 82 valence electrons. The van der Waals surface area contributed by atoms with E-state index in [1.165, 1.54) is 0 Å². The third-order valence-electron chi connectivity index (χ3n) is 2.75. The minimum Gasteiger partial charge on any atom is -0.467 e. The first kappa shape index (κ1) is 10.4. The van der Waals surface area contributed by atoms with Crippen LogP contribution in [0.2, 0.25) is 0 Å². The summed E-state index contributed by atoms with van der Waals surface area (Å²) in [5, 5.41) is 3.43. The van der Waals surface area contributed by atoms with Crippen LogP contribution in [0.3, 0.4) is 0 Å². The standard InChI is InChI=1S/C12H17NO2/c1-7-9(13-12(2,3)4)11-8(10(7)14)5-6-15-11/h5-7,9,13H,1-4H3. The predicted octanol–water partition coefficient (Wildman–Crippen LogP) is 2.54. The van der Waals surface area contributed by atoms with Gasteiger partial charge in [-0.15, -0.1) is 0 Å². The van der Waals surface area contributed by atoms with E-state index in [2.05, 4.69) is 26.1 Å². The van der Waals surface area contributed by atoms with Gasteiger partial charge in [0.05, 0.1) is 17.9 Å². The number of Topliss-reactive ketones (excluding diaryl/α,β-unsaturated/α-hetero) is 1. The van der Waals surface area contributed by atoms with Crippen LogP contribution in [0.25, 0.3) is 0 Å². The number of carbonyl (C=O) groups is 1. The summed E-state index contributed by atoms with van der Waals surface area (Å²) < 4.78 is 5.39. The first-order valence-electron chi connectivity index (χ1n) is 5.29. The summed E-state index contributed by atoms with van der Waals surface area (Å²) in [6, 6.07) is 1.78. The molecular weight excluding hydrogens is 190 g/mol. The van der Waals surface area contributed by atoms with Gasteiger partial charge in [-0.3, -0.25) is 4.79 Å². The molecule has 1 aliphatic carbocycles. The molecule has 3 heteroatoms. The zero-order valence-electron chi connectivity index (χ0n) is 9.63. The van der Waals surface area contributed by atoms with E-state index in [1.807, 2.05) is 6.92 Å². The van der Waals surface area contributed by atoms with Crippen molar-refractivity contribution in [1.29, 1.82) is 0 Å². The molecule has 0 spiro atoms. The molecule has 1 aromatic rings. The van der Waals surface area contributed by atoms with Crippen molar-refractivity contribution in [2.45, 2.75) is 39.3 Å². The van der Waals surface area contributed by atoms with Crippen LogP contribution in [-0.4, -0.2) is 11.3 Å². The fourth-order valence-electron chi connectivity index (χ4n) is 2.05. The summed E-state index contributed by atoms with van der Waals surface area (Å²) in [6.45, 7) is 8.21. The molecule has 0 saturated carbocycles. The van der Waals surface area contributed by atoms with Gasteiger partial charge in [-0.2, -0.15) is 0 Å². The fraction of sp³-hybridized carbons (Fsp3) is 0.583. The smallest absolute Gasteiger partial charge is 0.171 e. The van der Waals surface area contributed by atoms with Crippen molar-refractivity contribution in [2.24, 2.45) is 5.92 Å². The summed E-state index contributed by atoms with van der Waals surface area (Å²) in [6.07, 6.45) is 1.59. The average molecular weight is 207 g/mol. The van der Waals surface area contributed by atoms with E-state index in [9.17, 15) is 4.79 Å². The first-order chi connectivity index (χ1) is 6.90. The Hall–Kier alpha value is -1.09. The SMILES string of the molecule is CC1C(=O)c2ccoc2C1NC(C)(C)C. The second-order valence-electron chi connectivity index (χ2n) is 5.22. The molecule has 0 saturated heterocycles. The van der Waals surface area contributed by atoms with Gasteiger partial charge in [0.25, 0.3) is 0 Å². The van der Waals surface area contributed by atoms with Crippen molar-refractivity contribution in [2.75, 3.05) is 0 Å². The number of hydrogen-bond acceptors (Lipinski definition) is 3. The Morgan fingerprint density at radius 1 is 1.40 bits per heavy atom. The summed E-state index contributed by atoms with van der Waals surface area (Å²) in [5.41, 5.74) is 0.720. The molecule has 3 nitrogen and oxygen atoms in total. The molecule has 2 rings (SSSR count). The fourth-order valence-corrected chi connectivity index (χ4v) is 2.05. The Kier molecular flexibility index (Phi) is 2.23. The van der Waals surface area contributed by atoms with Crippen molar-refractivity contribution < 1.29 is 9.21 Å². The monoisotopic (exact) mass is 207 g/mol. The molecule has 0 aliphatic heterocycles. The number of hydrogen-bond donors (Lipinski definition) is 1. The van der Waals surface area contributed by atoms with Crippen molar-refractivity contribution in [3.8, 4) is 0 Å². The van der Waals surface area contributed by atoms with E-state index in [1.54, 1.807) is 12.3 Å². The van der Waals surface area contributed by atoms with E-state index < -0.39 is 0 Å². The zero-order valence-corrected chi connectivity index (χ0v) is 9.63. The molecule has 0 radical (unpaired) electrons. The summed E-state index contributed by atoms with van der Waals surface area (Å²) in [4.78, 5) is 11.9. The van der Waals surface area contributed by atoms with Gasteiger partial charge < -0.3 is 9.73 Å². The number of nitrogens with one attached hydrogen (secondary N) is 1. The highest BCUT2D eigenvalue weighted by Gasteiger charge is 2.40. The van der Waals surface area contributed by atoms with Crippen LogP contribution in [0.15, 0.2) is 16.7 Å². The van der Waals surface area contributed by atoms with Crippen LogP contribution in [0.1, 0.15) is 49.9 Å². The maximum atomic E-state index is 11.9. The molecule has 15 heavy (non-hydrogen) atoms. The number of carbonyl (C=O) groups excluding carboxylic acids is 1. The Bertz CT molecular complexity index is 387. The third kappa shape index (κ3) is 1.72. The molecule has 2 unspecified atom stereocenters. The maximum Gasteiger partial charge on any atom is 0.171 e. The lowest BCUT2D eigenvalue weighted by atomic mass is 10.00. The molecule has 0 fully saturated rings. The van der Waals surface area contributed by atoms with Crippen LogP contribution in [0.5, 0.6) is 0 Å². The molecule has 1 N–H and O–H groups in total. The van der Waals surface area contributed by atoms with Crippen molar-refractivity contribution in [3.63, 3.8) is 0 Å². The molecule has 1 heterocycles. The second kappa shape index (κ2) is 3.20. The lowest BCUT2D eigenvalue weighted by Crippen LogP contribution is -2.40. The molecule has 1 aromatic heterocycles. The van der Waals surface area contributed by atoms with Gasteiger partial charge in [-0.05, 0) is 26.8 Å². The highest BCUT2D eigenvalue weighted by atomic mass is 16.3. The van der Waals surface area contributed by atoms with Crippen LogP contribution >= 0.6 is 0 Å². The second-order valence-corrected chi connectivity index (χ2v) is 5.22. The highest BCUT2D eigenvalue weighted by Crippen LogP contribution is 2.37. The summed E-state index contributed by atoms with van der Waals surface area (Å²) >= 11 is 0. The number of ketones is 1. The molecule has 0 aromatic carbocycles. The van der Waals surface area contributed by atoms with Gasteiger partial charge in [-0.25, -0.2) is 0 Å². The lowest BCUT2D eigenvalue weighted by molar-refractivity contribution is 0.0917. The normalized spacial score (nSPS) is 25.7. The minimum atomic E-state index is -0.0285. The molecule has 0 bridgehead atoms. The first-order valence-corrected chi connectivity index (χ1v) is 5.29. The third-order valence-corrected chi connectivity index (χ3v) is 2.75. The van der Waals surface area contributed by atoms with E-state index in [0.717, 1.165) is 11.3 Å². The number of rotatable bonds is 1. The average Bonchev–Trinajstić information content (AvgIpc) is 2.64. The van der Waals surface area contributed by atoms with Gasteiger partial charge in [0.15, 0.2) is 5.78 Å². The topological polar surface area (TPSA) is 42.2 Å². The zero-order chi connectivity index (χ0) is 11.2. The summed E-state index contributed by atoms with van der Waals surface area (Å²) in [5.74, 6) is 0.946. The van der Waals surface area contributed by atoms with E-state index in [4.69, 9.17) is 4.42 Å². The predicted molar refractivity (Wildman–Crippen MR) is 57.8 cm³/mol. The van der Waals surface area contributed by atoms with Gasteiger partial charge in [-0.1, -0.05) is 6.92 Å². The van der Waals surface area contributed by atoms with Crippen molar-refractivity contribution >= 4 is 5.78 Å². The Morgan fingerprint density at radius 3 is 2.67 bits per heavy atom. The molecule has 1 aliphatic rings. The highest BCUT2D eigenvalue weighted by molar-refractivity contribution is 6.02. The van der Waals surface area contributed by atoms with Gasteiger partial charge in [0.2, 0.25) is 0 Å². The van der Waals surface area contributed by atoms with Crippen LogP contribution < -0.4 is 5.32 Å². The number of furan rings is 1. The van der Waals surface area contributed by atoms with E-state index in [0.29, 0.717) is 0 Å². The molecule has 0 amide bonds. The van der Waals surface area contributed by atoms with E-state index >= 15 is 0 Å². The van der Waals surface area contributed by atoms with Gasteiger partial charge >= 0.3 is 0 Å². The molecule has 2 atom stereocenters. The van der Waals surface area contributed by atoms with Crippen molar-refractivity contribution in [3.05, 3.63) is 23.7 Å². The van der Waals surface area contributed by atoms with Crippen LogP contribution in [-0.2, 0) is 0 Å². The van der Waals surface area contributed by atoms with E-state index in [-0.39, 0.29) is 23.3 Å². The quantitative estimate of drug-likeness (QED) is 0.769. The lowest BCUT2D eigenvalue weighted by Gasteiger charge is -2.27. The van der Waals surface area contributed by atoms with Gasteiger partial charge in [0.1, 0.15) is 5.76 Å². The Balaban J connectivity index is 2.31. The van der Waals surface area contributed by atoms with Crippen LogP contribution in [0.4, 0.5) is 0 Å². The Labute approximate surface area is 89.9 Å². The maximum absolute atomic E-state index is 11.9. The number of fused-ring (bicyclic) bond motifs is 1. The minimum absolute atomic E-state index is 0.0162. The Morgan fingerprint density at radius 2 is 2.07 bits per heavy atom. The van der Waals surface area contributed by atoms with Crippen molar-refractivity contribution in [1.82, 2.24) is 5.32 Å². The van der Waals surface area contributed by atoms with Gasteiger partial charge in [0, 0.05) is 11.5 Å². The summed E-state index contributed by atoms with van der Waals surface area (Å²) in [7, 11) is 0. The molecular formula is C12H17NO2. The van der Waals surface area contributed by atoms with Crippen LogP contribution in [0, 0.1) is 5.92 Å². The largest absolute Gasteiger partial charge is 0.467 e.